The normalized spacial score (nSPS) is 17.7. The van der Waals surface area contributed by atoms with Crippen LogP contribution in [0.25, 0.3) is 5.57 Å². The minimum Gasteiger partial charge on any atom is -0.494 e. The molecule has 0 N–H and O–H groups in total. The van der Waals surface area contributed by atoms with E-state index in [1.807, 2.05) is 51.1 Å². The predicted molar refractivity (Wildman–Crippen MR) is 122 cm³/mol. The number of hydrogen-bond acceptors (Lipinski definition) is 5. The van der Waals surface area contributed by atoms with Gasteiger partial charge in [0.05, 0.1) is 17.9 Å². The van der Waals surface area contributed by atoms with Crippen molar-refractivity contribution < 1.29 is 14.3 Å². The lowest BCUT2D eigenvalue weighted by Gasteiger charge is -2.34. The van der Waals surface area contributed by atoms with Gasteiger partial charge in [0.15, 0.2) is 0 Å². The highest BCUT2D eigenvalue weighted by molar-refractivity contribution is 6.45. The molecular weight excluding hydrogens is 390 g/mol. The Morgan fingerprint density at radius 2 is 1.65 bits per heavy atom. The maximum absolute atomic E-state index is 13.7. The van der Waals surface area contributed by atoms with Gasteiger partial charge in [-0.15, -0.1) is 0 Å². The number of rotatable bonds is 5. The third kappa shape index (κ3) is 3.95. The lowest BCUT2D eigenvalue weighted by Crippen LogP contribution is -2.46. The molecular formula is C25H29N3O3. The van der Waals surface area contributed by atoms with Crippen molar-refractivity contribution in [2.75, 3.05) is 44.7 Å². The van der Waals surface area contributed by atoms with Gasteiger partial charge in [-0.2, -0.15) is 0 Å². The molecule has 6 nitrogen and oxygen atoms in total. The Kier molecular flexibility index (Phi) is 5.83. The molecule has 2 aromatic carbocycles. The highest BCUT2D eigenvalue weighted by Gasteiger charge is 2.43. The summed E-state index contributed by atoms with van der Waals surface area (Å²) in [6.07, 6.45) is 0. The number of amides is 2. The van der Waals surface area contributed by atoms with Crippen molar-refractivity contribution in [3.63, 3.8) is 0 Å². The molecule has 2 aliphatic rings. The van der Waals surface area contributed by atoms with E-state index in [2.05, 4.69) is 16.8 Å². The van der Waals surface area contributed by atoms with E-state index in [1.54, 1.807) is 12.1 Å². The minimum atomic E-state index is -0.282. The van der Waals surface area contributed by atoms with Crippen LogP contribution in [0.1, 0.15) is 23.6 Å². The van der Waals surface area contributed by atoms with Crippen molar-refractivity contribution in [1.29, 1.82) is 0 Å². The molecule has 4 rings (SSSR count). The summed E-state index contributed by atoms with van der Waals surface area (Å²) in [4.78, 5) is 32.9. The largest absolute Gasteiger partial charge is 0.494 e. The molecule has 0 unspecified atom stereocenters. The average molecular weight is 420 g/mol. The molecule has 0 radical (unpaired) electrons. The zero-order chi connectivity index (χ0) is 22.1. The summed E-state index contributed by atoms with van der Waals surface area (Å²) in [5.74, 6) is 0.0913. The van der Waals surface area contributed by atoms with Crippen LogP contribution in [-0.4, -0.2) is 61.4 Å². The molecule has 0 aromatic heterocycles. The maximum Gasteiger partial charge on any atom is 0.282 e. The summed E-state index contributed by atoms with van der Waals surface area (Å²) in [5, 5.41) is 0. The van der Waals surface area contributed by atoms with Crippen LogP contribution in [-0.2, 0) is 9.59 Å². The fourth-order valence-corrected chi connectivity index (χ4v) is 4.11. The molecule has 6 heteroatoms. The molecule has 0 saturated carbocycles. The highest BCUT2D eigenvalue weighted by Crippen LogP contribution is 2.36. The number of ether oxygens (including phenoxy) is 1. The summed E-state index contributed by atoms with van der Waals surface area (Å²) in [7, 11) is 2.07. The topological polar surface area (TPSA) is 53.1 Å². The van der Waals surface area contributed by atoms with Crippen LogP contribution in [0.5, 0.6) is 5.75 Å². The first-order valence-electron chi connectivity index (χ1n) is 10.8. The monoisotopic (exact) mass is 419 g/mol. The Balaban J connectivity index is 1.80. The maximum atomic E-state index is 13.7. The van der Waals surface area contributed by atoms with Crippen molar-refractivity contribution in [1.82, 2.24) is 9.80 Å². The van der Waals surface area contributed by atoms with Crippen molar-refractivity contribution >= 4 is 23.1 Å². The first-order chi connectivity index (χ1) is 14.9. The van der Waals surface area contributed by atoms with Gasteiger partial charge in [0, 0.05) is 32.2 Å². The second-order valence-electron chi connectivity index (χ2n) is 8.19. The molecule has 2 amide bonds. The summed E-state index contributed by atoms with van der Waals surface area (Å²) in [6.45, 7) is 9.63. The van der Waals surface area contributed by atoms with E-state index < -0.39 is 0 Å². The van der Waals surface area contributed by atoms with Crippen LogP contribution in [0.3, 0.4) is 0 Å². The number of nitrogens with zero attached hydrogens (tertiary/aromatic N) is 3. The Labute approximate surface area is 183 Å². The van der Waals surface area contributed by atoms with Crippen molar-refractivity contribution in [2.24, 2.45) is 0 Å². The second kappa shape index (κ2) is 8.55. The minimum absolute atomic E-state index is 0.267. The number of hydrogen-bond donors (Lipinski definition) is 0. The second-order valence-corrected chi connectivity index (χ2v) is 8.19. The van der Waals surface area contributed by atoms with Crippen LogP contribution in [0.2, 0.25) is 0 Å². The van der Waals surface area contributed by atoms with E-state index in [4.69, 9.17) is 4.74 Å². The first-order valence-corrected chi connectivity index (χ1v) is 10.8. The number of imide groups is 1. The summed E-state index contributed by atoms with van der Waals surface area (Å²) in [5.41, 5.74) is 4.57. The number of carbonyl (C=O) groups excluding carboxylic acids is 2. The van der Waals surface area contributed by atoms with Crippen molar-refractivity contribution in [3.8, 4) is 5.75 Å². The van der Waals surface area contributed by atoms with Crippen LogP contribution < -0.4 is 9.64 Å². The Morgan fingerprint density at radius 3 is 2.32 bits per heavy atom. The number of likely N-dealkylation sites (N-methyl/N-ethyl adjacent to an activating group) is 1. The molecule has 0 atom stereocenters. The van der Waals surface area contributed by atoms with Gasteiger partial charge < -0.3 is 14.5 Å². The van der Waals surface area contributed by atoms with Gasteiger partial charge in [-0.3, -0.25) is 9.59 Å². The van der Waals surface area contributed by atoms with E-state index in [9.17, 15) is 9.59 Å². The quantitative estimate of drug-likeness (QED) is 0.697. The number of aryl methyl sites for hydroxylation is 2. The third-order valence-corrected chi connectivity index (χ3v) is 6.06. The van der Waals surface area contributed by atoms with Crippen molar-refractivity contribution in [2.45, 2.75) is 20.8 Å². The van der Waals surface area contributed by atoms with Gasteiger partial charge >= 0.3 is 0 Å². The Morgan fingerprint density at radius 1 is 0.903 bits per heavy atom. The van der Waals surface area contributed by atoms with Gasteiger partial charge in [-0.25, -0.2) is 4.90 Å². The molecule has 0 aliphatic carbocycles. The van der Waals surface area contributed by atoms with E-state index >= 15 is 0 Å². The van der Waals surface area contributed by atoms with Crippen LogP contribution in [0, 0.1) is 13.8 Å². The summed E-state index contributed by atoms with van der Waals surface area (Å²) >= 11 is 0. The van der Waals surface area contributed by atoms with Crippen LogP contribution in [0.15, 0.2) is 48.2 Å². The smallest absolute Gasteiger partial charge is 0.282 e. The first kappa shape index (κ1) is 21.1. The lowest BCUT2D eigenvalue weighted by molar-refractivity contribution is -0.120. The molecule has 2 aromatic rings. The number of piperazine rings is 1. The zero-order valence-electron chi connectivity index (χ0n) is 18.6. The van der Waals surface area contributed by atoms with E-state index in [0.29, 0.717) is 42.4 Å². The van der Waals surface area contributed by atoms with Crippen molar-refractivity contribution in [3.05, 3.63) is 64.9 Å². The summed E-state index contributed by atoms with van der Waals surface area (Å²) in [6, 6.07) is 13.1. The highest BCUT2D eigenvalue weighted by atomic mass is 16.5. The number of carbonyl (C=O) groups is 2. The van der Waals surface area contributed by atoms with Gasteiger partial charge in [-0.1, -0.05) is 24.3 Å². The van der Waals surface area contributed by atoms with E-state index in [1.165, 1.54) is 4.90 Å². The third-order valence-electron chi connectivity index (χ3n) is 6.06. The fraction of sp³-hybridized carbons (Fsp3) is 0.360. The van der Waals surface area contributed by atoms with E-state index in [-0.39, 0.29) is 11.8 Å². The van der Waals surface area contributed by atoms with Gasteiger partial charge in [-0.05, 0) is 56.6 Å². The lowest BCUT2D eigenvalue weighted by atomic mass is 9.99. The zero-order valence-corrected chi connectivity index (χ0v) is 18.6. The van der Waals surface area contributed by atoms with Gasteiger partial charge in [0.25, 0.3) is 11.8 Å². The fourth-order valence-electron chi connectivity index (χ4n) is 4.11. The number of anilines is 1. The molecule has 2 heterocycles. The Bertz CT molecular complexity index is 1050. The van der Waals surface area contributed by atoms with E-state index in [0.717, 1.165) is 29.8 Å². The molecule has 1 saturated heterocycles. The standard InChI is InChI=1S/C25H29N3O3/c1-5-31-21-8-6-7-20(16-21)28-24(29)22(19-10-9-17(2)18(3)15-19)23(25(28)30)27-13-11-26(4)12-14-27/h6-10,15-16H,5,11-14H2,1-4H3. The van der Waals surface area contributed by atoms with Crippen LogP contribution in [0.4, 0.5) is 5.69 Å². The Hall–Kier alpha value is -3.12. The SMILES string of the molecule is CCOc1cccc(N2C(=O)C(c3ccc(C)c(C)c3)=C(N3CCN(C)CC3)C2=O)c1. The molecule has 0 spiro atoms. The number of benzene rings is 2. The molecule has 2 aliphatic heterocycles. The average Bonchev–Trinajstić information content (AvgIpc) is 3.01. The summed E-state index contributed by atoms with van der Waals surface area (Å²) < 4.78 is 5.59. The predicted octanol–water partition coefficient (Wildman–Crippen LogP) is 3.23. The van der Waals surface area contributed by atoms with Gasteiger partial charge in [0.2, 0.25) is 0 Å². The van der Waals surface area contributed by atoms with Gasteiger partial charge in [0.1, 0.15) is 11.4 Å². The molecule has 0 bridgehead atoms. The molecule has 1 fully saturated rings. The molecule has 31 heavy (non-hydrogen) atoms. The van der Waals surface area contributed by atoms with Crippen LogP contribution >= 0.6 is 0 Å². The molecule has 162 valence electrons.